The van der Waals surface area contributed by atoms with Gasteiger partial charge in [-0.2, -0.15) is 5.26 Å². The number of hydrogen-bond acceptors (Lipinski definition) is 4. The molecule has 1 fully saturated rings. The van der Waals surface area contributed by atoms with Gasteiger partial charge in [-0.15, -0.1) is 0 Å². The summed E-state index contributed by atoms with van der Waals surface area (Å²) in [4.78, 5) is 6.75. The van der Waals surface area contributed by atoms with Gasteiger partial charge in [-0.05, 0) is 45.4 Å². The van der Waals surface area contributed by atoms with E-state index in [2.05, 4.69) is 35.1 Å². The second-order valence-electron chi connectivity index (χ2n) is 6.37. The summed E-state index contributed by atoms with van der Waals surface area (Å²) in [5.74, 6) is 0.968. The molecule has 1 aromatic heterocycles. The van der Waals surface area contributed by atoms with Crippen molar-refractivity contribution < 1.29 is 0 Å². The second-order valence-corrected chi connectivity index (χ2v) is 6.37. The predicted molar refractivity (Wildman–Crippen MR) is 77.2 cm³/mol. The lowest BCUT2D eigenvalue weighted by Crippen LogP contribution is -2.57. The molecule has 2 rings (SSSR count). The summed E-state index contributed by atoms with van der Waals surface area (Å²) >= 11 is 0. The van der Waals surface area contributed by atoms with Crippen LogP contribution in [-0.4, -0.2) is 30.2 Å². The van der Waals surface area contributed by atoms with Gasteiger partial charge in [0.2, 0.25) is 0 Å². The summed E-state index contributed by atoms with van der Waals surface area (Å²) in [6.07, 6.45) is 1.80. The van der Waals surface area contributed by atoms with Crippen LogP contribution in [0.3, 0.4) is 0 Å². The summed E-state index contributed by atoms with van der Waals surface area (Å²) in [5, 5.41) is 12.7. The molecule has 0 radical (unpaired) electrons. The smallest absolute Gasteiger partial charge is 0.128 e. The molecule has 1 saturated heterocycles. The molecule has 0 atom stereocenters. The fourth-order valence-electron chi connectivity index (χ4n) is 2.38. The van der Waals surface area contributed by atoms with Gasteiger partial charge in [-0.1, -0.05) is 0 Å². The summed E-state index contributed by atoms with van der Waals surface area (Å²) in [5.41, 5.74) is 0.651. The average Bonchev–Trinajstić information content (AvgIpc) is 2.38. The third-order valence-electron chi connectivity index (χ3n) is 3.64. The van der Waals surface area contributed by atoms with Crippen LogP contribution in [0.2, 0.25) is 0 Å². The van der Waals surface area contributed by atoms with Gasteiger partial charge in [-0.3, -0.25) is 0 Å². The molecule has 1 aliphatic rings. The van der Waals surface area contributed by atoms with Crippen LogP contribution in [0, 0.1) is 11.3 Å². The number of nitriles is 1. The molecule has 0 aromatic carbocycles. The van der Waals surface area contributed by atoms with Crippen LogP contribution in [0.5, 0.6) is 0 Å². The lowest BCUT2D eigenvalue weighted by atomic mass is 9.87. The Bertz CT molecular complexity index is 499. The largest absolute Gasteiger partial charge is 0.354 e. The van der Waals surface area contributed by atoms with E-state index in [0.717, 1.165) is 31.0 Å². The first-order valence-corrected chi connectivity index (χ1v) is 6.72. The van der Waals surface area contributed by atoms with Gasteiger partial charge in [0, 0.05) is 31.4 Å². The highest BCUT2D eigenvalue weighted by atomic mass is 15.3. The molecule has 0 spiro atoms. The molecule has 1 aliphatic heterocycles. The lowest BCUT2D eigenvalue weighted by Gasteiger charge is -2.40. The molecule has 0 amide bonds. The molecule has 4 nitrogen and oxygen atoms in total. The average molecular weight is 258 g/mol. The Labute approximate surface area is 115 Å². The highest BCUT2D eigenvalue weighted by Crippen LogP contribution is 2.26. The normalized spacial score (nSPS) is 19.0. The van der Waals surface area contributed by atoms with E-state index in [0.29, 0.717) is 0 Å². The Morgan fingerprint density at radius 1 is 1.47 bits per heavy atom. The van der Waals surface area contributed by atoms with E-state index >= 15 is 0 Å². The van der Waals surface area contributed by atoms with E-state index < -0.39 is 5.41 Å². The monoisotopic (exact) mass is 258 g/mol. The van der Waals surface area contributed by atoms with Crippen LogP contribution < -0.4 is 10.2 Å². The third-order valence-corrected chi connectivity index (χ3v) is 3.64. The van der Waals surface area contributed by atoms with Crippen molar-refractivity contribution in [2.24, 2.45) is 0 Å². The van der Waals surface area contributed by atoms with E-state index in [4.69, 9.17) is 0 Å². The van der Waals surface area contributed by atoms with Crippen LogP contribution in [0.1, 0.15) is 33.3 Å². The van der Waals surface area contributed by atoms with E-state index in [9.17, 15) is 5.26 Å². The summed E-state index contributed by atoms with van der Waals surface area (Å²) in [6, 6.07) is 6.32. The Morgan fingerprint density at radius 3 is 2.84 bits per heavy atom. The van der Waals surface area contributed by atoms with E-state index in [-0.39, 0.29) is 5.54 Å². The molecule has 0 bridgehead atoms. The first kappa shape index (κ1) is 13.8. The fourth-order valence-corrected chi connectivity index (χ4v) is 2.38. The summed E-state index contributed by atoms with van der Waals surface area (Å²) < 4.78 is 0. The predicted octanol–water partition coefficient (Wildman–Crippen LogP) is 2.07. The zero-order valence-electron chi connectivity index (χ0n) is 12.2. The highest BCUT2D eigenvalue weighted by molar-refractivity contribution is 5.45. The quantitative estimate of drug-likeness (QED) is 0.882. The van der Waals surface area contributed by atoms with Gasteiger partial charge in [-0.25, -0.2) is 4.98 Å². The van der Waals surface area contributed by atoms with Crippen molar-refractivity contribution in [1.29, 1.82) is 5.26 Å². The maximum atomic E-state index is 9.24. The van der Waals surface area contributed by atoms with Gasteiger partial charge in [0.25, 0.3) is 0 Å². The van der Waals surface area contributed by atoms with Crippen molar-refractivity contribution in [2.75, 3.05) is 24.5 Å². The molecule has 1 N–H and O–H groups in total. The van der Waals surface area contributed by atoms with Crippen molar-refractivity contribution in [3.63, 3.8) is 0 Å². The van der Waals surface area contributed by atoms with Crippen molar-refractivity contribution in [3.8, 4) is 6.07 Å². The van der Waals surface area contributed by atoms with E-state index in [1.807, 2.05) is 26.0 Å². The van der Waals surface area contributed by atoms with Gasteiger partial charge < -0.3 is 10.2 Å². The van der Waals surface area contributed by atoms with Gasteiger partial charge in [0.05, 0.1) is 11.5 Å². The van der Waals surface area contributed by atoms with Gasteiger partial charge in [0.1, 0.15) is 5.82 Å². The second kappa shape index (κ2) is 4.82. The van der Waals surface area contributed by atoms with Crippen molar-refractivity contribution in [1.82, 2.24) is 10.3 Å². The number of nitrogens with one attached hydrogen (secondary N) is 1. The number of rotatable bonds is 2. The van der Waals surface area contributed by atoms with Crippen molar-refractivity contribution >= 4 is 5.82 Å². The zero-order valence-corrected chi connectivity index (χ0v) is 12.2. The van der Waals surface area contributed by atoms with Crippen LogP contribution in [0.25, 0.3) is 0 Å². The first-order chi connectivity index (χ1) is 8.84. The van der Waals surface area contributed by atoms with Gasteiger partial charge in [0.15, 0.2) is 0 Å². The Kier molecular flexibility index (Phi) is 3.51. The minimum Gasteiger partial charge on any atom is -0.354 e. The number of piperazine rings is 1. The minimum absolute atomic E-state index is 0.0979. The molecule has 4 heteroatoms. The Hall–Kier alpha value is -1.60. The summed E-state index contributed by atoms with van der Waals surface area (Å²) in [7, 11) is 0. The number of hydrogen-bond donors (Lipinski definition) is 1. The van der Waals surface area contributed by atoms with Crippen LogP contribution >= 0.6 is 0 Å². The number of pyridine rings is 1. The van der Waals surface area contributed by atoms with Crippen LogP contribution in [-0.2, 0) is 5.41 Å². The topological polar surface area (TPSA) is 52.0 Å². The standard InChI is InChI=1S/C15H22N4/c1-14(2,10-16)12-5-6-17-13(9-12)19-8-7-18-15(3,4)11-19/h5-6,9,18H,7-8,11H2,1-4H3. The summed E-state index contributed by atoms with van der Waals surface area (Å²) in [6.45, 7) is 11.1. The minimum atomic E-state index is -0.471. The van der Waals surface area contributed by atoms with Crippen LogP contribution in [0.4, 0.5) is 5.82 Å². The molecule has 1 aromatic rings. The SMILES string of the molecule is CC1(C)CN(c2cc(C(C)(C)C#N)ccn2)CCN1. The number of anilines is 1. The number of nitrogens with zero attached hydrogens (tertiary/aromatic N) is 3. The fraction of sp³-hybridized carbons (Fsp3) is 0.600. The van der Waals surface area contributed by atoms with Crippen molar-refractivity contribution in [2.45, 2.75) is 38.6 Å². The Morgan fingerprint density at radius 2 is 2.21 bits per heavy atom. The van der Waals surface area contributed by atoms with E-state index in [1.54, 1.807) is 6.20 Å². The molecule has 0 aliphatic carbocycles. The maximum absolute atomic E-state index is 9.24. The molecule has 0 unspecified atom stereocenters. The molecule has 0 saturated carbocycles. The van der Waals surface area contributed by atoms with E-state index in [1.165, 1.54) is 0 Å². The zero-order chi connectivity index (χ0) is 14.1. The first-order valence-electron chi connectivity index (χ1n) is 6.72. The third kappa shape index (κ3) is 3.05. The number of aromatic nitrogens is 1. The lowest BCUT2D eigenvalue weighted by molar-refractivity contribution is 0.351. The van der Waals surface area contributed by atoms with Gasteiger partial charge >= 0.3 is 0 Å². The molecular formula is C15H22N4. The molecule has 19 heavy (non-hydrogen) atoms. The highest BCUT2D eigenvalue weighted by Gasteiger charge is 2.27. The maximum Gasteiger partial charge on any atom is 0.128 e. The molecule has 102 valence electrons. The molecule has 2 heterocycles. The Balaban J connectivity index is 2.27. The van der Waals surface area contributed by atoms with Crippen molar-refractivity contribution in [3.05, 3.63) is 23.9 Å². The molecular weight excluding hydrogens is 236 g/mol. The van der Waals surface area contributed by atoms with Crippen LogP contribution in [0.15, 0.2) is 18.3 Å².